The number of aliphatic hydroxyl groups is 1. The summed E-state index contributed by atoms with van der Waals surface area (Å²) >= 11 is 0. The van der Waals surface area contributed by atoms with Gasteiger partial charge in [-0.3, -0.25) is 4.99 Å². The number of guanidine groups is 1. The van der Waals surface area contributed by atoms with Crippen LogP contribution in [0.5, 0.6) is 0 Å². The van der Waals surface area contributed by atoms with Crippen molar-refractivity contribution in [1.29, 1.82) is 0 Å². The Labute approximate surface area is 80.2 Å². The third-order valence-corrected chi connectivity index (χ3v) is 1.50. The average molecular weight is 187 g/mol. The van der Waals surface area contributed by atoms with E-state index >= 15 is 0 Å². The second-order valence-electron chi connectivity index (χ2n) is 3.68. The highest BCUT2D eigenvalue weighted by molar-refractivity contribution is 5.77. The lowest BCUT2D eigenvalue weighted by atomic mass is 10.2. The normalized spacial score (nSPS) is 14.7. The fourth-order valence-electron chi connectivity index (χ4n) is 0.746. The SMILES string of the molecule is CC(C)CN=C(N)NCCC(C)O. The predicted molar refractivity (Wildman–Crippen MR) is 55.6 cm³/mol. The van der Waals surface area contributed by atoms with Crippen LogP contribution in [0.15, 0.2) is 4.99 Å². The van der Waals surface area contributed by atoms with E-state index in [0.29, 0.717) is 24.8 Å². The third kappa shape index (κ3) is 9.14. The molecule has 1 unspecified atom stereocenters. The van der Waals surface area contributed by atoms with E-state index in [4.69, 9.17) is 10.8 Å². The van der Waals surface area contributed by atoms with E-state index < -0.39 is 0 Å². The van der Waals surface area contributed by atoms with E-state index in [1.54, 1.807) is 6.92 Å². The van der Waals surface area contributed by atoms with Crippen molar-refractivity contribution in [2.45, 2.75) is 33.3 Å². The first-order valence-electron chi connectivity index (χ1n) is 4.74. The lowest BCUT2D eigenvalue weighted by molar-refractivity contribution is 0.186. The van der Waals surface area contributed by atoms with E-state index in [0.717, 1.165) is 6.54 Å². The molecule has 0 radical (unpaired) electrons. The van der Waals surface area contributed by atoms with Crippen molar-refractivity contribution < 1.29 is 5.11 Å². The van der Waals surface area contributed by atoms with Gasteiger partial charge in [-0.2, -0.15) is 0 Å². The van der Waals surface area contributed by atoms with Crippen molar-refractivity contribution in [1.82, 2.24) is 5.32 Å². The molecule has 4 heteroatoms. The second-order valence-corrected chi connectivity index (χ2v) is 3.68. The smallest absolute Gasteiger partial charge is 0.188 e. The average Bonchev–Trinajstić information content (AvgIpc) is 2.00. The van der Waals surface area contributed by atoms with Crippen LogP contribution in [0.4, 0.5) is 0 Å². The number of nitrogens with two attached hydrogens (primary N) is 1. The fraction of sp³-hybridized carbons (Fsp3) is 0.889. The highest BCUT2D eigenvalue weighted by Crippen LogP contribution is 1.90. The maximum absolute atomic E-state index is 8.96. The Bertz CT molecular complexity index is 155. The predicted octanol–water partition coefficient (Wildman–Crippen LogP) is 0.318. The van der Waals surface area contributed by atoms with Crippen molar-refractivity contribution in [2.24, 2.45) is 16.6 Å². The van der Waals surface area contributed by atoms with Crippen molar-refractivity contribution in [3.63, 3.8) is 0 Å². The molecule has 0 aromatic rings. The first-order valence-corrected chi connectivity index (χ1v) is 4.74. The minimum atomic E-state index is -0.287. The molecule has 0 bridgehead atoms. The first kappa shape index (κ1) is 12.2. The summed E-state index contributed by atoms with van der Waals surface area (Å²) in [6.45, 7) is 7.35. The molecule has 0 saturated carbocycles. The van der Waals surface area contributed by atoms with Crippen LogP contribution in [0.3, 0.4) is 0 Å². The topological polar surface area (TPSA) is 70.6 Å². The van der Waals surface area contributed by atoms with E-state index in [1.165, 1.54) is 0 Å². The number of aliphatic imine (C=N–C) groups is 1. The summed E-state index contributed by atoms with van der Waals surface area (Å²) < 4.78 is 0. The van der Waals surface area contributed by atoms with E-state index in [2.05, 4.69) is 24.2 Å². The highest BCUT2D eigenvalue weighted by Gasteiger charge is 1.96. The third-order valence-electron chi connectivity index (χ3n) is 1.50. The van der Waals surface area contributed by atoms with Gasteiger partial charge in [0.25, 0.3) is 0 Å². The number of nitrogens with one attached hydrogen (secondary N) is 1. The summed E-state index contributed by atoms with van der Waals surface area (Å²) in [5, 5.41) is 11.9. The molecule has 0 aliphatic heterocycles. The highest BCUT2D eigenvalue weighted by atomic mass is 16.3. The molecule has 0 saturated heterocycles. The van der Waals surface area contributed by atoms with E-state index in [1.807, 2.05) is 0 Å². The number of hydrogen-bond donors (Lipinski definition) is 3. The fourth-order valence-corrected chi connectivity index (χ4v) is 0.746. The van der Waals surface area contributed by atoms with Crippen LogP contribution in [0.2, 0.25) is 0 Å². The van der Waals surface area contributed by atoms with Gasteiger partial charge in [0.1, 0.15) is 0 Å². The quantitative estimate of drug-likeness (QED) is 0.429. The molecule has 1 atom stereocenters. The maximum atomic E-state index is 8.96. The number of nitrogens with zero attached hydrogens (tertiary/aromatic N) is 1. The Balaban J connectivity index is 3.49. The Morgan fingerprint density at radius 2 is 2.08 bits per heavy atom. The van der Waals surface area contributed by atoms with Crippen molar-refractivity contribution in [3.05, 3.63) is 0 Å². The summed E-state index contributed by atoms with van der Waals surface area (Å²) in [6.07, 6.45) is 0.406. The lowest BCUT2D eigenvalue weighted by Crippen LogP contribution is -2.33. The molecular formula is C9H21N3O. The maximum Gasteiger partial charge on any atom is 0.188 e. The van der Waals surface area contributed by atoms with Gasteiger partial charge in [0.15, 0.2) is 5.96 Å². The van der Waals surface area contributed by atoms with Crippen LogP contribution in [-0.4, -0.2) is 30.3 Å². The minimum Gasteiger partial charge on any atom is -0.393 e. The minimum absolute atomic E-state index is 0.287. The summed E-state index contributed by atoms with van der Waals surface area (Å²) in [7, 11) is 0. The zero-order valence-corrected chi connectivity index (χ0v) is 8.75. The zero-order chi connectivity index (χ0) is 10.3. The van der Waals surface area contributed by atoms with Gasteiger partial charge < -0.3 is 16.2 Å². The lowest BCUT2D eigenvalue weighted by Gasteiger charge is -2.07. The Morgan fingerprint density at radius 1 is 1.46 bits per heavy atom. The molecular weight excluding hydrogens is 166 g/mol. The molecule has 0 amide bonds. The summed E-state index contributed by atoms with van der Waals surface area (Å²) in [5.74, 6) is 0.992. The van der Waals surface area contributed by atoms with Crippen molar-refractivity contribution in [2.75, 3.05) is 13.1 Å². The molecule has 0 fully saturated rings. The molecule has 0 aliphatic rings. The molecule has 0 rings (SSSR count). The van der Waals surface area contributed by atoms with E-state index in [-0.39, 0.29) is 6.10 Å². The molecule has 0 spiro atoms. The van der Waals surface area contributed by atoms with Gasteiger partial charge in [0, 0.05) is 13.1 Å². The largest absolute Gasteiger partial charge is 0.393 e. The molecule has 0 aromatic carbocycles. The number of aliphatic hydroxyl groups excluding tert-OH is 1. The number of rotatable bonds is 5. The van der Waals surface area contributed by atoms with Gasteiger partial charge in [0.05, 0.1) is 6.10 Å². The first-order chi connectivity index (χ1) is 6.02. The monoisotopic (exact) mass is 187 g/mol. The summed E-state index contributed by atoms with van der Waals surface area (Å²) in [4.78, 5) is 4.12. The van der Waals surface area contributed by atoms with Gasteiger partial charge in [-0.1, -0.05) is 13.8 Å². The van der Waals surface area contributed by atoms with Crippen molar-refractivity contribution in [3.8, 4) is 0 Å². The van der Waals surface area contributed by atoms with Crippen LogP contribution >= 0.6 is 0 Å². The zero-order valence-electron chi connectivity index (χ0n) is 8.75. The van der Waals surface area contributed by atoms with Gasteiger partial charge in [-0.25, -0.2) is 0 Å². The standard InChI is InChI=1S/C9H21N3O/c1-7(2)6-12-9(10)11-5-4-8(3)13/h7-8,13H,4-6H2,1-3H3,(H3,10,11,12). The van der Waals surface area contributed by atoms with Crippen LogP contribution in [0, 0.1) is 5.92 Å². The van der Waals surface area contributed by atoms with E-state index in [9.17, 15) is 0 Å². The Hall–Kier alpha value is -0.770. The Morgan fingerprint density at radius 3 is 2.54 bits per heavy atom. The second kappa shape index (κ2) is 6.71. The van der Waals surface area contributed by atoms with Gasteiger partial charge >= 0.3 is 0 Å². The number of hydrogen-bond acceptors (Lipinski definition) is 2. The molecule has 0 aromatic heterocycles. The molecule has 0 aliphatic carbocycles. The molecule has 4 N–H and O–H groups in total. The molecule has 4 nitrogen and oxygen atoms in total. The molecule has 78 valence electrons. The molecule has 0 heterocycles. The van der Waals surface area contributed by atoms with Crippen molar-refractivity contribution >= 4 is 5.96 Å². The Kier molecular flexibility index (Phi) is 6.32. The van der Waals surface area contributed by atoms with Crippen LogP contribution < -0.4 is 11.1 Å². The summed E-state index contributed by atoms with van der Waals surface area (Å²) in [6, 6.07) is 0. The summed E-state index contributed by atoms with van der Waals surface area (Å²) in [5.41, 5.74) is 5.57. The van der Waals surface area contributed by atoms with Crippen LogP contribution in [0.1, 0.15) is 27.2 Å². The van der Waals surface area contributed by atoms with Gasteiger partial charge in [-0.05, 0) is 19.3 Å². The van der Waals surface area contributed by atoms with Crippen LogP contribution in [0.25, 0.3) is 0 Å². The van der Waals surface area contributed by atoms with Gasteiger partial charge in [0.2, 0.25) is 0 Å². The van der Waals surface area contributed by atoms with Gasteiger partial charge in [-0.15, -0.1) is 0 Å². The van der Waals surface area contributed by atoms with Crippen LogP contribution in [-0.2, 0) is 0 Å². The molecule has 13 heavy (non-hydrogen) atoms.